The predicted octanol–water partition coefficient (Wildman–Crippen LogP) is 7.74. The lowest BCUT2D eigenvalue weighted by Gasteiger charge is -2.12. The highest BCUT2D eigenvalue weighted by molar-refractivity contribution is 6.24. The van der Waals surface area contributed by atoms with E-state index in [1.54, 1.807) is 0 Å². The van der Waals surface area contributed by atoms with Crippen molar-refractivity contribution in [2.24, 2.45) is 14.1 Å². The second kappa shape index (κ2) is 8.93. The Morgan fingerprint density at radius 3 is 1.71 bits per heavy atom. The molecular weight excluding hydrogens is 460 g/mol. The molecule has 0 amide bonds. The second-order valence-electron chi connectivity index (χ2n) is 10.1. The first-order valence-electron chi connectivity index (χ1n) is 13.1. The van der Waals surface area contributed by atoms with E-state index >= 15 is 0 Å². The number of aryl methyl sites for hydroxylation is 2. The van der Waals surface area contributed by atoms with E-state index in [9.17, 15) is 0 Å². The normalized spacial score (nSPS) is 11.8. The molecule has 2 heterocycles. The molecule has 0 spiro atoms. The van der Waals surface area contributed by atoms with Crippen molar-refractivity contribution < 1.29 is 9.13 Å². The van der Waals surface area contributed by atoms with Crippen molar-refractivity contribution in [1.82, 2.24) is 0 Å². The summed E-state index contributed by atoms with van der Waals surface area (Å²) in [5, 5.41) is 7.89. The summed E-state index contributed by atoms with van der Waals surface area (Å²) in [6.45, 7) is 0. The van der Waals surface area contributed by atoms with Crippen LogP contribution in [0, 0.1) is 0 Å². The molecule has 180 valence electrons. The van der Waals surface area contributed by atoms with Crippen molar-refractivity contribution in [1.29, 1.82) is 0 Å². The summed E-state index contributed by atoms with van der Waals surface area (Å²) < 4.78 is 4.36. The van der Waals surface area contributed by atoms with E-state index in [0.29, 0.717) is 0 Å². The first kappa shape index (κ1) is 22.4. The molecule has 0 radical (unpaired) electrons. The number of nitrogens with zero attached hydrogens (tertiary/aromatic N) is 2. The van der Waals surface area contributed by atoms with E-state index in [2.05, 4.69) is 157 Å². The number of aromatic nitrogens is 2. The second-order valence-corrected chi connectivity index (χ2v) is 10.1. The van der Waals surface area contributed by atoms with Gasteiger partial charge in [0.15, 0.2) is 12.4 Å². The Labute approximate surface area is 222 Å². The maximum atomic E-state index is 2.29. The van der Waals surface area contributed by atoms with Gasteiger partial charge in [0.2, 0.25) is 11.4 Å². The van der Waals surface area contributed by atoms with Gasteiger partial charge < -0.3 is 0 Å². The number of hydrogen-bond acceptors (Lipinski definition) is 0. The molecular formula is C36H28N2+2. The molecule has 0 aliphatic carbocycles. The molecule has 2 heteroatoms. The lowest BCUT2D eigenvalue weighted by atomic mass is 9.91. The van der Waals surface area contributed by atoms with Gasteiger partial charge in [-0.1, -0.05) is 66.7 Å². The molecule has 5 aromatic carbocycles. The van der Waals surface area contributed by atoms with Crippen LogP contribution in [0.4, 0.5) is 0 Å². The van der Waals surface area contributed by atoms with E-state index in [1.807, 2.05) is 0 Å². The molecule has 2 aromatic heterocycles. The van der Waals surface area contributed by atoms with E-state index in [-0.39, 0.29) is 0 Å². The van der Waals surface area contributed by atoms with Gasteiger partial charge in [0.1, 0.15) is 14.1 Å². The van der Waals surface area contributed by atoms with Crippen molar-refractivity contribution in [3.8, 4) is 22.5 Å². The third-order valence-electron chi connectivity index (χ3n) is 7.67. The van der Waals surface area contributed by atoms with Gasteiger partial charge in [0.05, 0.1) is 0 Å². The molecule has 7 aromatic rings. The summed E-state index contributed by atoms with van der Waals surface area (Å²) in [5.41, 5.74) is 7.18. The van der Waals surface area contributed by atoms with E-state index in [0.717, 1.165) is 0 Å². The zero-order chi connectivity index (χ0) is 25.6. The molecule has 0 aliphatic rings. The van der Waals surface area contributed by atoms with Crippen molar-refractivity contribution in [2.45, 2.75) is 0 Å². The van der Waals surface area contributed by atoms with Gasteiger partial charge in [-0.25, -0.2) is 9.13 Å². The van der Waals surface area contributed by atoms with Gasteiger partial charge in [0, 0.05) is 35.4 Å². The summed E-state index contributed by atoms with van der Waals surface area (Å²) >= 11 is 0. The summed E-state index contributed by atoms with van der Waals surface area (Å²) in [6.07, 6.45) is 8.73. The van der Waals surface area contributed by atoms with E-state index < -0.39 is 0 Å². The number of hydrogen-bond donors (Lipinski definition) is 0. The van der Waals surface area contributed by atoms with Crippen LogP contribution in [0.3, 0.4) is 0 Å². The highest BCUT2D eigenvalue weighted by Gasteiger charge is 2.15. The minimum atomic E-state index is 1.18. The summed E-state index contributed by atoms with van der Waals surface area (Å²) in [6, 6.07) is 39.6. The van der Waals surface area contributed by atoms with Crippen LogP contribution < -0.4 is 9.13 Å². The third kappa shape index (κ3) is 3.74. The molecule has 0 unspecified atom stereocenters. The summed E-state index contributed by atoms with van der Waals surface area (Å²) in [5.74, 6) is 0. The molecule has 38 heavy (non-hydrogen) atoms. The highest BCUT2D eigenvalue weighted by Crippen LogP contribution is 2.36. The fourth-order valence-corrected chi connectivity index (χ4v) is 5.78. The van der Waals surface area contributed by atoms with E-state index in [4.69, 9.17) is 0 Å². The Morgan fingerprint density at radius 1 is 0.500 bits per heavy atom. The predicted molar refractivity (Wildman–Crippen MR) is 159 cm³/mol. The molecule has 0 aliphatic heterocycles. The van der Waals surface area contributed by atoms with Gasteiger partial charge in [-0.15, -0.1) is 0 Å². The smallest absolute Gasteiger partial charge is 0.201 e. The maximum absolute atomic E-state index is 2.29. The van der Waals surface area contributed by atoms with Crippen LogP contribution in [0.25, 0.3) is 67.0 Å². The number of rotatable bonds is 4. The van der Waals surface area contributed by atoms with Crippen LogP contribution in [0.1, 0.15) is 11.1 Å². The summed E-state index contributed by atoms with van der Waals surface area (Å²) in [4.78, 5) is 0. The fraction of sp³-hybridized carbons (Fsp3) is 0.0556. The zero-order valence-electron chi connectivity index (χ0n) is 21.6. The van der Waals surface area contributed by atoms with Gasteiger partial charge in [-0.2, -0.15) is 0 Å². The van der Waals surface area contributed by atoms with Crippen molar-refractivity contribution in [3.05, 3.63) is 133 Å². The first-order chi connectivity index (χ1) is 18.7. The van der Waals surface area contributed by atoms with Crippen LogP contribution in [-0.4, -0.2) is 0 Å². The average molecular weight is 489 g/mol. The molecule has 0 saturated heterocycles. The van der Waals surface area contributed by atoms with Gasteiger partial charge in [-0.05, 0) is 73.8 Å². The van der Waals surface area contributed by atoms with Crippen molar-refractivity contribution in [2.75, 3.05) is 0 Å². The Balaban J connectivity index is 1.40. The molecule has 0 bridgehead atoms. The Hall–Kier alpha value is -4.82. The minimum absolute atomic E-state index is 1.18. The SMILES string of the molecule is C[n+]1ccccc1-c1cc(/C=C/c2ccc3ccc4cccc5ccc2c3c45)cc(-c2cccc[n+]2C)c1. The Kier molecular flexibility index (Phi) is 5.26. The van der Waals surface area contributed by atoms with Gasteiger partial charge >= 0.3 is 0 Å². The average Bonchev–Trinajstić information content (AvgIpc) is 2.95. The Bertz CT molecular complexity index is 1920. The number of benzene rings is 5. The largest absolute Gasteiger partial charge is 0.212 e. The first-order valence-corrected chi connectivity index (χ1v) is 13.1. The third-order valence-corrected chi connectivity index (χ3v) is 7.67. The zero-order valence-corrected chi connectivity index (χ0v) is 21.6. The lowest BCUT2D eigenvalue weighted by molar-refractivity contribution is -0.660. The van der Waals surface area contributed by atoms with E-state index in [1.165, 1.54) is 66.0 Å². The van der Waals surface area contributed by atoms with Gasteiger partial charge in [0.25, 0.3) is 0 Å². The van der Waals surface area contributed by atoms with Crippen molar-refractivity contribution in [3.63, 3.8) is 0 Å². The summed E-state index contributed by atoms with van der Waals surface area (Å²) in [7, 11) is 4.20. The molecule has 0 atom stereocenters. The quantitative estimate of drug-likeness (QED) is 0.136. The molecule has 7 rings (SSSR count). The van der Waals surface area contributed by atoms with Crippen LogP contribution in [0.15, 0.2) is 122 Å². The minimum Gasteiger partial charge on any atom is -0.201 e. The maximum Gasteiger partial charge on any atom is 0.212 e. The Morgan fingerprint density at radius 2 is 1.08 bits per heavy atom. The molecule has 2 nitrogen and oxygen atoms in total. The van der Waals surface area contributed by atoms with Crippen LogP contribution in [0.5, 0.6) is 0 Å². The van der Waals surface area contributed by atoms with Crippen LogP contribution >= 0.6 is 0 Å². The topological polar surface area (TPSA) is 7.76 Å². The lowest BCUT2D eigenvalue weighted by Crippen LogP contribution is -2.30. The highest BCUT2D eigenvalue weighted by atomic mass is 14.9. The fourth-order valence-electron chi connectivity index (χ4n) is 5.78. The molecule has 0 fully saturated rings. The van der Waals surface area contributed by atoms with Crippen LogP contribution in [0.2, 0.25) is 0 Å². The monoisotopic (exact) mass is 488 g/mol. The molecule has 0 saturated carbocycles. The van der Waals surface area contributed by atoms with Crippen molar-refractivity contribution >= 4 is 44.5 Å². The standard InChI is InChI=1S/C36H28N2/c1-37-20-5-3-10-33(37)30-22-25(23-31(24-30)34-11-4-6-21-38(34)2)12-13-26-14-15-29-17-16-27-8-7-9-28-18-19-32(26)36(29)35(27)28/h3-24H,1-2H3/q+2/b13-12+. The number of pyridine rings is 2. The van der Waals surface area contributed by atoms with Crippen LogP contribution in [-0.2, 0) is 14.1 Å². The van der Waals surface area contributed by atoms with Gasteiger partial charge in [-0.3, -0.25) is 0 Å². The molecule has 0 N–H and O–H groups in total.